The van der Waals surface area contributed by atoms with Crippen LogP contribution in [0.5, 0.6) is 0 Å². The minimum atomic E-state index is -0.872. The molecular weight excluding hydrogens is 246 g/mol. The highest BCUT2D eigenvalue weighted by Gasteiger charge is 2.26. The zero-order valence-electron chi connectivity index (χ0n) is 11.0. The van der Waals surface area contributed by atoms with Crippen LogP contribution in [0.3, 0.4) is 0 Å². The van der Waals surface area contributed by atoms with Gasteiger partial charge in [0.2, 0.25) is 0 Å². The van der Waals surface area contributed by atoms with Gasteiger partial charge in [0.1, 0.15) is 5.69 Å². The van der Waals surface area contributed by atoms with E-state index in [1.165, 1.54) is 0 Å². The summed E-state index contributed by atoms with van der Waals surface area (Å²) in [6, 6.07) is 1.75. The number of H-pyrrole nitrogens is 1. The molecule has 0 bridgehead atoms. The van der Waals surface area contributed by atoms with Crippen molar-refractivity contribution < 1.29 is 14.7 Å². The summed E-state index contributed by atoms with van der Waals surface area (Å²) in [5.41, 5.74) is 1.33. The van der Waals surface area contributed by atoms with E-state index in [4.69, 9.17) is 5.11 Å². The molecule has 104 valence electrons. The van der Waals surface area contributed by atoms with Crippen molar-refractivity contribution >= 4 is 11.9 Å². The Morgan fingerprint density at radius 2 is 2.32 bits per heavy atom. The molecule has 1 aromatic rings. The van der Waals surface area contributed by atoms with Crippen LogP contribution in [0.2, 0.25) is 0 Å². The minimum absolute atomic E-state index is 0.146. The molecule has 0 aliphatic heterocycles. The van der Waals surface area contributed by atoms with Crippen LogP contribution in [0, 0.1) is 5.92 Å². The van der Waals surface area contributed by atoms with Crippen LogP contribution in [0.1, 0.15) is 54.7 Å². The molecule has 1 amide bonds. The molecule has 0 aromatic carbocycles. The normalized spacial score (nSPS) is 16.1. The zero-order valence-corrected chi connectivity index (χ0v) is 11.0. The molecule has 1 aliphatic carbocycles. The van der Waals surface area contributed by atoms with Crippen LogP contribution in [0.25, 0.3) is 0 Å². The molecule has 0 radical (unpaired) electrons. The van der Waals surface area contributed by atoms with Gasteiger partial charge in [0.25, 0.3) is 5.91 Å². The van der Waals surface area contributed by atoms with Gasteiger partial charge < -0.3 is 10.4 Å². The first-order valence-corrected chi connectivity index (χ1v) is 6.68. The largest absolute Gasteiger partial charge is 0.481 e. The molecule has 3 N–H and O–H groups in total. The number of carbonyl (C=O) groups excluding carboxylic acids is 1. The molecule has 1 unspecified atom stereocenters. The smallest absolute Gasteiger partial charge is 0.308 e. The fourth-order valence-corrected chi connectivity index (χ4v) is 2.02. The average Bonchev–Trinajstić information content (AvgIpc) is 3.11. The minimum Gasteiger partial charge on any atom is -0.481 e. The van der Waals surface area contributed by atoms with Gasteiger partial charge in [-0.25, -0.2) is 0 Å². The van der Waals surface area contributed by atoms with Gasteiger partial charge in [0, 0.05) is 18.2 Å². The summed E-state index contributed by atoms with van der Waals surface area (Å²) >= 11 is 0. The molecule has 1 aromatic heterocycles. The second-order valence-electron chi connectivity index (χ2n) is 5.02. The highest BCUT2D eigenvalue weighted by atomic mass is 16.4. The van der Waals surface area contributed by atoms with Crippen LogP contribution < -0.4 is 5.32 Å². The van der Waals surface area contributed by atoms with E-state index >= 15 is 0 Å². The molecule has 1 aliphatic rings. The monoisotopic (exact) mass is 265 g/mol. The molecular formula is C13H19N3O3. The third kappa shape index (κ3) is 3.56. The number of rotatable bonds is 7. The summed E-state index contributed by atoms with van der Waals surface area (Å²) in [5, 5.41) is 18.5. The lowest BCUT2D eigenvalue weighted by Gasteiger charge is -2.11. The summed E-state index contributed by atoms with van der Waals surface area (Å²) < 4.78 is 0. The van der Waals surface area contributed by atoms with E-state index < -0.39 is 11.9 Å². The van der Waals surface area contributed by atoms with Gasteiger partial charge in [-0.2, -0.15) is 5.10 Å². The van der Waals surface area contributed by atoms with Crippen LogP contribution in [-0.2, 0) is 4.79 Å². The van der Waals surface area contributed by atoms with Crippen molar-refractivity contribution in [1.82, 2.24) is 15.5 Å². The van der Waals surface area contributed by atoms with E-state index in [1.54, 1.807) is 6.07 Å². The Morgan fingerprint density at radius 3 is 2.89 bits per heavy atom. The maximum atomic E-state index is 11.8. The Labute approximate surface area is 111 Å². The maximum Gasteiger partial charge on any atom is 0.308 e. The van der Waals surface area contributed by atoms with Crippen molar-refractivity contribution in [3.05, 3.63) is 17.5 Å². The Hall–Kier alpha value is -1.85. The number of nitrogens with one attached hydrogen (secondary N) is 2. The van der Waals surface area contributed by atoms with Crippen molar-refractivity contribution in [2.45, 2.75) is 38.5 Å². The van der Waals surface area contributed by atoms with Crippen molar-refractivity contribution in [1.29, 1.82) is 0 Å². The van der Waals surface area contributed by atoms with Crippen molar-refractivity contribution in [3.8, 4) is 0 Å². The fraction of sp³-hybridized carbons (Fsp3) is 0.615. The van der Waals surface area contributed by atoms with Gasteiger partial charge >= 0.3 is 5.97 Å². The van der Waals surface area contributed by atoms with Gasteiger partial charge in [-0.3, -0.25) is 14.7 Å². The second-order valence-corrected chi connectivity index (χ2v) is 5.02. The van der Waals surface area contributed by atoms with E-state index in [0.717, 1.165) is 25.0 Å². The predicted octanol–water partition coefficient (Wildman–Crippen LogP) is 1.52. The highest BCUT2D eigenvalue weighted by molar-refractivity contribution is 5.92. The first-order chi connectivity index (χ1) is 9.11. The van der Waals surface area contributed by atoms with E-state index in [1.807, 2.05) is 6.92 Å². The summed E-state index contributed by atoms with van der Waals surface area (Å²) in [6.07, 6.45) is 3.62. The van der Waals surface area contributed by atoms with Gasteiger partial charge in [0.15, 0.2) is 0 Å². The number of hydrogen-bond acceptors (Lipinski definition) is 3. The SMILES string of the molecule is CCCC(CNC(=O)c1cc(C2CC2)[nH]n1)C(=O)O. The summed E-state index contributed by atoms with van der Waals surface area (Å²) in [7, 11) is 0. The topological polar surface area (TPSA) is 95.1 Å². The number of hydrogen-bond donors (Lipinski definition) is 3. The Kier molecular flexibility index (Phi) is 4.19. The van der Waals surface area contributed by atoms with E-state index in [9.17, 15) is 9.59 Å². The van der Waals surface area contributed by atoms with Crippen LogP contribution in [0.15, 0.2) is 6.07 Å². The Morgan fingerprint density at radius 1 is 1.58 bits per heavy atom. The summed E-state index contributed by atoms with van der Waals surface area (Å²) in [4.78, 5) is 22.8. The van der Waals surface area contributed by atoms with E-state index in [0.29, 0.717) is 18.0 Å². The van der Waals surface area contributed by atoms with Crippen molar-refractivity contribution in [2.75, 3.05) is 6.54 Å². The lowest BCUT2D eigenvalue weighted by atomic mass is 10.0. The van der Waals surface area contributed by atoms with E-state index in [-0.39, 0.29) is 12.5 Å². The molecule has 6 heteroatoms. The van der Waals surface area contributed by atoms with Gasteiger partial charge in [-0.05, 0) is 25.3 Å². The lowest BCUT2D eigenvalue weighted by molar-refractivity contribution is -0.141. The van der Waals surface area contributed by atoms with Gasteiger partial charge in [-0.15, -0.1) is 0 Å². The third-order valence-corrected chi connectivity index (χ3v) is 3.34. The fourth-order valence-electron chi connectivity index (χ4n) is 2.02. The number of aromatic amines is 1. The number of carboxylic acid groups (broad SMARTS) is 1. The molecule has 6 nitrogen and oxygen atoms in total. The number of aromatic nitrogens is 2. The Balaban J connectivity index is 1.86. The molecule has 0 saturated heterocycles. The number of aliphatic carboxylic acids is 1. The molecule has 0 spiro atoms. The van der Waals surface area contributed by atoms with Gasteiger partial charge in [-0.1, -0.05) is 13.3 Å². The van der Waals surface area contributed by atoms with Gasteiger partial charge in [0.05, 0.1) is 5.92 Å². The number of amides is 1. The summed E-state index contributed by atoms with van der Waals surface area (Å²) in [6.45, 7) is 2.07. The highest BCUT2D eigenvalue weighted by Crippen LogP contribution is 2.38. The first kappa shape index (κ1) is 13.6. The maximum absolute atomic E-state index is 11.8. The first-order valence-electron chi connectivity index (χ1n) is 6.68. The average molecular weight is 265 g/mol. The molecule has 19 heavy (non-hydrogen) atoms. The quantitative estimate of drug-likeness (QED) is 0.696. The molecule has 1 atom stereocenters. The lowest BCUT2D eigenvalue weighted by Crippen LogP contribution is -2.33. The van der Waals surface area contributed by atoms with Crippen LogP contribution in [0.4, 0.5) is 0 Å². The second kappa shape index (κ2) is 5.86. The van der Waals surface area contributed by atoms with Crippen LogP contribution in [-0.4, -0.2) is 33.7 Å². The Bertz CT molecular complexity index is 465. The molecule has 1 saturated carbocycles. The van der Waals surface area contributed by atoms with Crippen LogP contribution >= 0.6 is 0 Å². The number of carbonyl (C=O) groups is 2. The van der Waals surface area contributed by atoms with Crippen molar-refractivity contribution in [2.24, 2.45) is 5.92 Å². The standard InChI is InChI=1S/C13H19N3O3/c1-2-3-9(13(18)19)7-14-12(17)11-6-10(15-16-11)8-4-5-8/h6,8-9H,2-5,7H2,1H3,(H,14,17)(H,15,16)(H,18,19). The predicted molar refractivity (Wildman–Crippen MR) is 68.9 cm³/mol. The summed E-state index contributed by atoms with van der Waals surface area (Å²) in [5.74, 6) is -1.20. The zero-order chi connectivity index (χ0) is 13.8. The number of carboxylic acids is 1. The van der Waals surface area contributed by atoms with E-state index in [2.05, 4.69) is 15.5 Å². The molecule has 1 fully saturated rings. The van der Waals surface area contributed by atoms with Crippen molar-refractivity contribution in [3.63, 3.8) is 0 Å². The number of nitrogens with zero attached hydrogens (tertiary/aromatic N) is 1. The third-order valence-electron chi connectivity index (χ3n) is 3.34. The molecule has 1 heterocycles. The molecule has 2 rings (SSSR count).